The fourth-order valence-electron chi connectivity index (χ4n) is 1.60. The zero-order valence-corrected chi connectivity index (χ0v) is 14.8. The van der Waals surface area contributed by atoms with E-state index in [0.717, 1.165) is 17.4 Å². The molecular weight excluding hydrogens is 272 g/mol. The molecule has 0 aliphatic carbocycles. The van der Waals surface area contributed by atoms with E-state index in [1.807, 2.05) is 0 Å². The van der Waals surface area contributed by atoms with Gasteiger partial charge in [-0.1, -0.05) is 34.6 Å². The fraction of sp³-hybridized carbons (Fsp3) is 0.800. The van der Waals surface area contributed by atoms with Crippen molar-refractivity contribution in [2.75, 3.05) is 12.8 Å². The molecule has 0 saturated carbocycles. The van der Waals surface area contributed by atoms with Crippen LogP contribution < -0.4 is 5.32 Å². The first-order valence-electron chi connectivity index (χ1n) is 7.10. The van der Waals surface area contributed by atoms with Crippen LogP contribution in [0.1, 0.15) is 51.7 Å². The zero-order valence-electron chi connectivity index (χ0n) is 13.1. The molecule has 1 aromatic rings. The van der Waals surface area contributed by atoms with Crippen molar-refractivity contribution in [2.24, 2.45) is 0 Å². The van der Waals surface area contributed by atoms with Gasteiger partial charge in [-0.25, -0.2) is 4.98 Å². The molecule has 2 nitrogen and oxygen atoms in total. The lowest BCUT2D eigenvalue weighted by Crippen LogP contribution is -2.30. The summed E-state index contributed by atoms with van der Waals surface area (Å²) in [6.07, 6.45) is 2.28. The zero-order chi connectivity index (χ0) is 14.5. The Balaban J connectivity index is 2.54. The van der Waals surface area contributed by atoms with Gasteiger partial charge in [0.15, 0.2) is 0 Å². The van der Waals surface area contributed by atoms with Crippen LogP contribution in [0.4, 0.5) is 0 Å². The van der Waals surface area contributed by atoms with Gasteiger partial charge in [-0.2, -0.15) is 11.8 Å². The molecule has 19 heavy (non-hydrogen) atoms. The lowest BCUT2D eigenvalue weighted by atomic mass is 9.93. The third-order valence-electron chi connectivity index (χ3n) is 3.31. The summed E-state index contributed by atoms with van der Waals surface area (Å²) in [5, 5.41) is 7.64. The number of nitrogens with one attached hydrogen (secondary N) is 1. The Kier molecular flexibility index (Phi) is 6.84. The topological polar surface area (TPSA) is 24.9 Å². The van der Waals surface area contributed by atoms with Crippen LogP contribution in [0, 0.1) is 0 Å². The minimum Gasteiger partial charge on any atom is -0.316 e. The van der Waals surface area contributed by atoms with Crippen molar-refractivity contribution < 1.29 is 0 Å². The van der Waals surface area contributed by atoms with E-state index in [2.05, 4.69) is 64.1 Å². The number of thiazole rings is 1. The van der Waals surface area contributed by atoms with Crippen LogP contribution in [0.3, 0.4) is 0 Å². The van der Waals surface area contributed by atoms with Gasteiger partial charge in [0.25, 0.3) is 0 Å². The molecule has 1 heterocycles. The van der Waals surface area contributed by atoms with E-state index < -0.39 is 0 Å². The molecule has 2 atom stereocenters. The molecular formula is C15H28N2S2. The van der Waals surface area contributed by atoms with Gasteiger partial charge in [-0.15, -0.1) is 11.3 Å². The van der Waals surface area contributed by atoms with Crippen molar-refractivity contribution in [3.8, 4) is 0 Å². The predicted molar refractivity (Wildman–Crippen MR) is 89.6 cm³/mol. The van der Waals surface area contributed by atoms with Crippen molar-refractivity contribution in [1.82, 2.24) is 10.3 Å². The van der Waals surface area contributed by atoms with Gasteiger partial charge in [0.2, 0.25) is 0 Å². The predicted octanol–water partition coefficient (Wildman–Crippen LogP) is 4.10. The maximum Gasteiger partial charge on any atom is 0.0944 e. The van der Waals surface area contributed by atoms with Gasteiger partial charge in [-0.3, -0.25) is 0 Å². The first-order chi connectivity index (χ1) is 8.86. The van der Waals surface area contributed by atoms with Crippen LogP contribution in [-0.4, -0.2) is 29.1 Å². The molecule has 0 amide bonds. The van der Waals surface area contributed by atoms with Gasteiger partial charge in [0.05, 0.1) is 10.7 Å². The number of nitrogens with zero attached hydrogens (tertiary/aromatic N) is 1. The molecule has 110 valence electrons. The second kappa shape index (κ2) is 7.65. The maximum atomic E-state index is 4.79. The highest BCUT2D eigenvalue weighted by molar-refractivity contribution is 7.99. The number of aromatic nitrogens is 1. The van der Waals surface area contributed by atoms with Gasteiger partial charge < -0.3 is 5.32 Å². The molecule has 2 unspecified atom stereocenters. The highest BCUT2D eigenvalue weighted by atomic mass is 32.2. The third-order valence-corrected chi connectivity index (χ3v) is 5.67. The smallest absolute Gasteiger partial charge is 0.0944 e. The Hall–Kier alpha value is -0.0600. The van der Waals surface area contributed by atoms with E-state index in [0.29, 0.717) is 6.04 Å². The number of thioether (sulfide) groups is 1. The summed E-state index contributed by atoms with van der Waals surface area (Å²) in [6, 6.07) is 0.526. The quantitative estimate of drug-likeness (QED) is 0.820. The van der Waals surface area contributed by atoms with E-state index in [-0.39, 0.29) is 5.41 Å². The first kappa shape index (κ1) is 17.0. The van der Waals surface area contributed by atoms with Crippen LogP contribution >= 0.6 is 23.1 Å². The number of hydrogen-bond donors (Lipinski definition) is 1. The Morgan fingerprint density at radius 3 is 2.58 bits per heavy atom. The van der Waals surface area contributed by atoms with Crippen LogP contribution in [0.5, 0.6) is 0 Å². The summed E-state index contributed by atoms with van der Waals surface area (Å²) < 4.78 is 0. The molecule has 1 N–H and O–H groups in total. The molecule has 0 aromatic carbocycles. The molecule has 0 aliphatic heterocycles. The van der Waals surface area contributed by atoms with E-state index in [4.69, 9.17) is 4.98 Å². The van der Waals surface area contributed by atoms with Gasteiger partial charge in [0, 0.05) is 34.3 Å². The Bertz CT molecular complexity index is 368. The van der Waals surface area contributed by atoms with E-state index >= 15 is 0 Å². The average Bonchev–Trinajstić information content (AvgIpc) is 2.82. The normalized spacial score (nSPS) is 15.5. The molecule has 0 fully saturated rings. The highest BCUT2D eigenvalue weighted by Crippen LogP contribution is 2.25. The maximum absolute atomic E-state index is 4.79. The number of likely N-dealkylation sites (N-methyl/N-ethyl adjacent to an activating group) is 1. The molecule has 4 heteroatoms. The fourth-order valence-corrected chi connectivity index (χ4v) is 3.79. The van der Waals surface area contributed by atoms with E-state index in [1.54, 1.807) is 11.3 Å². The average molecular weight is 301 g/mol. The SMILES string of the molecule is CCC(C)SCC(Cc1nc(C(C)(C)C)cs1)NC. The lowest BCUT2D eigenvalue weighted by molar-refractivity contribution is 0.564. The largest absolute Gasteiger partial charge is 0.316 e. The van der Waals surface area contributed by atoms with Crippen LogP contribution in [0.2, 0.25) is 0 Å². The minimum atomic E-state index is 0.162. The summed E-state index contributed by atoms with van der Waals surface area (Å²) in [7, 11) is 2.06. The van der Waals surface area contributed by atoms with Crippen LogP contribution in [0.25, 0.3) is 0 Å². The number of hydrogen-bond acceptors (Lipinski definition) is 4. The molecule has 0 bridgehead atoms. The standard InChI is InChI=1S/C15H28N2S2/c1-7-11(2)18-9-12(16-6)8-14-17-13(10-19-14)15(3,4)5/h10-12,16H,7-9H2,1-6H3. The van der Waals surface area contributed by atoms with Gasteiger partial charge in [0.1, 0.15) is 0 Å². The summed E-state index contributed by atoms with van der Waals surface area (Å²) in [5.41, 5.74) is 1.38. The molecule has 1 rings (SSSR count). The number of rotatable bonds is 7. The summed E-state index contributed by atoms with van der Waals surface area (Å²) in [5.74, 6) is 1.16. The van der Waals surface area contributed by atoms with Crippen molar-refractivity contribution >= 4 is 23.1 Å². The Labute approximate surface area is 126 Å². The van der Waals surface area contributed by atoms with E-state index in [9.17, 15) is 0 Å². The molecule has 0 radical (unpaired) electrons. The molecule has 0 aliphatic rings. The van der Waals surface area contributed by atoms with Crippen LogP contribution in [0.15, 0.2) is 5.38 Å². The molecule has 0 saturated heterocycles. The van der Waals surface area contributed by atoms with Gasteiger partial charge >= 0.3 is 0 Å². The van der Waals surface area contributed by atoms with Crippen molar-refractivity contribution in [1.29, 1.82) is 0 Å². The van der Waals surface area contributed by atoms with Crippen molar-refractivity contribution in [3.05, 3.63) is 16.1 Å². The van der Waals surface area contributed by atoms with Crippen molar-refractivity contribution in [2.45, 2.75) is 64.2 Å². The first-order valence-corrected chi connectivity index (χ1v) is 9.03. The Morgan fingerprint density at radius 1 is 1.42 bits per heavy atom. The lowest BCUT2D eigenvalue weighted by Gasteiger charge is -2.17. The van der Waals surface area contributed by atoms with Crippen molar-refractivity contribution in [3.63, 3.8) is 0 Å². The summed E-state index contributed by atoms with van der Waals surface area (Å²) >= 11 is 3.85. The third kappa shape index (κ3) is 5.84. The summed E-state index contributed by atoms with van der Waals surface area (Å²) in [6.45, 7) is 11.2. The highest BCUT2D eigenvalue weighted by Gasteiger charge is 2.18. The minimum absolute atomic E-state index is 0.162. The Morgan fingerprint density at radius 2 is 2.11 bits per heavy atom. The molecule has 1 aromatic heterocycles. The second-order valence-corrected chi connectivity index (χ2v) is 8.53. The summed E-state index contributed by atoms with van der Waals surface area (Å²) in [4.78, 5) is 4.79. The van der Waals surface area contributed by atoms with E-state index in [1.165, 1.54) is 17.1 Å². The van der Waals surface area contributed by atoms with Crippen LogP contribution in [-0.2, 0) is 11.8 Å². The molecule has 0 spiro atoms. The van der Waals surface area contributed by atoms with Gasteiger partial charge in [-0.05, 0) is 13.5 Å². The second-order valence-electron chi connectivity index (χ2n) is 6.12. The monoisotopic (exact) mass is 300 g/mol.